The van der Waals surface area contributed by atoms with Crippen LogP contribution < -0.4 is 5.32 Å². The molecule has 1 aromatic rings. The van der Waals surface area contributed by atoms with E-state index in [-0.39, 0.29) is 12.6 Å². The molecule has 0 aromatic carbocycles. The van der Waals surface area contributed by atoms with Gasteiger partial charge in [0, 0.05) is 19.3 Å². The van der Waals surface area contributed by atoms with E-state index in [4.69, 9.17) is 5.11 Å². The number of amides is 2. The van der Waals surface area contributed by atoms with Crippen molar-refractivity contribution in [1.82, 2.24) is 14.7 Å². The van der Waals surface area contributed by atoms with Crippen molar-refractivity contribution in [1.29, 1.82) is 0 Å². The van der Waals surface area contributed by atoms with Crippen LogP contribution in [-0.2, 0) is 11.3 Å². The van der Waals surface area contributed by atoms with Gasteiger partial charge >= 0.3 is 12.0 Å². The first-order valence-corrected chi connectivity index (χ1v) is 6.95. The van der Waals surface area contributed by atoms with Crippen molar-refractivity contribution in [3.05, 3.63) is 12.4 Å². The second kappa shape index (κ2) is 6.93. The molecule has 0 bridgehead atoms. The van der Waals surface area contributed by atoms with Gasteiger partial charge in [-0.3, -0.25) is 9.48 Å². The van der Waals surface area contributed by atoms with E-state index in [2.05, 4.69) is 10.4 Å². The Labute approximate surface area is 117 Å². The molecule has 0 unspecified atom stereocenters. The summed E-state index contributed by atoms with van der Waals surface area (Å²) in [7, 11) is 0. The molecule has 0 atom stereocenters. The van der Waals surface area contributed by atoms with Crippen LogP contribution in [-0.4, -0.2) is 44.9 Å². The number of nitrogens with one attached hydrogen (secondary N) is 1. The van der Waals surface area contributed by atoms with Gasteiger partial charge in [0.2, 0.25) is 0 Å². The van der Waals surface area contributed by atoms with Crippen LogP contribution >= 0.6 is 0 Å². The van der Waals surface area contributed by atoms with E-state index in [0.717, 1.165) is 25.9 Å². The van der Waals surface area contributed by atoms with Crippen LogP contribution in [0.1, 0.15) is 32.1 Å². The summed E-state index contributed by atoms with van der Waals surface area (Å²) in [6.07, 6.45) is 8.64. The summed E-state index contributed by atoms with van der Waals surface area (Å²) >= 11 is 0. The molecule has 1 saturated heterocycles. The number of aromatic nitrogens is 2. The highest BCUT2D eigenvalue weighted by atomic mass is 16.4. The molecule has 2 heterocycles. The first-order chi connectivity index (χ1) is 9.65. The average Bonchev–Trinajstić information content (AvgIpc) is 2.74. The number of urea groups is 1. The quantitative estimate of drug-likeness (QED) is 0.883. The molecule has 0 saturated carbocycles. The van der Waals surface area contributed by atoms with Crippen molar-refractivity contribution in [2.45, 2.75) is 38.6 Å². The van der Waals surface area contributed by atoms with E-state index in [0.29, 0.717) is 5.69 Å². The number of carbonyl (C=O) groups is 2. The third-order valence-electron chi connectivity index (χ3n) is 3.33. The van der Waals surface area contributed by atoms with Gasteiger partial charge in [-0.2, -0.15) is 5.10 Å². The Morgan fingerprint density at radius 2 is 1.85 bits per heavy atom. The number of hydrogen-bond donors (Lipinski definition) is 2. The number of anilines is 1. The van der Waals surface area contributed by atoms with Crippen LogP contribution in [0.15, 0.2) is 12.4 Å². The number of carboxylic acid groups (broad SMARTS) is 1. The fourth-order valence-electron chi connectivity index (χ4n) is 2.31. The van der Waals surface area contributed by atoms with Crippen LogP contribution in [0.3, 0.4) is 0 Å². The lowest BCUT2D eigenvalue weighted by atomic mass is 10.1. The predicted octanol–water partition coefficient (Wildman–Crippen LogP) is 1.77. The van der Waals surface area contributed by atoms with Crippen molar-refractivity contribution in [3.8, 4) is 0 Å². The zero-order valence-corrected chi connectivity index (χ0v) is 11.4. The summed E-state index contributed by atoms with van der Waals surface area (Å²) in [5.41, 5.74) is 0.526. The molecule has 1 aliphatic heterocycles. The first kappa shape index (κ1) is 14.4. The maximum absolute atomic E-state index is 12.1. The molecule has 0 radical (unpaired) electrons. The van der Waals surface area contributed by atoms with Crippen molar-refractivity contribution in [2.24, 2.45) is 0 Å². The summed E-state index contributed by atoms with van der Waals surface area (Å²) in [6, 6.07) is -0.137. The summed E-state index contributed by atoms with van der Waals surface area (Å²) in [5.74, 6) is -0.963. The Balaban J connectivity index is 1.89. The first-order valence-electron chi connectivity index (χ1n) is 6.95. The molecule has 7 nitrogen and oxygen atoms in total. The summed E-state index contributed by atoms with van der Waals surface area (Å²) in [6.45, 7) is 1.34. The van der Waals surface area contributed by atoms with E-state index >= 15 is 0 Å². The lowest BCUT2D eigenvalue weighted by molar-refractivity contribution is -0.137. The molecular weight excluding hydrogens is 260 g/mol. The van der Waals surface area contributed by atoms with Gasteiger partial charge in [0.25, 0.3) is 0 Å². The van der Waals surface area contributed by atoms with E-state index in [9.17, 15) is 9.59 Å². The van der Waals surface area contributed by atoms with Gasteiger partial charge in [-0.15, -0.1) is 0 Å². The van der Waals surface area contributed by atoms with Crippen molar-refractivity contribution < 1.29 is 14.7 Å². The van der Waals surface area contributed by atoms with Gasteiger partial charge < -0.3 is 15.3 Å². The minimum atomic E-state index is -0.963. The Morgan fingerprint density at radius 3 is 2.50 bits per heavy atom. The molecule has 1 aromatic heterocycles. The van der Waals surface area contributed by atoms with Gasteiger partial charge in [0.15, 0.2) is 0 Å². The molecule has 110 valence electrons. The number of carbonyl (C=O) groups excluding carboxylic acids is 1. The van der Waals surface area contributed by atoms with Crippen molar-refractivity contribution in [3.63, 3.8) is 0 Å². The Bertz CT molecular complexity index is 464. The summed E-state index contributed by atoms with van der Waals surface area (Å²) in [4.78, 5) is 24.5. The summed E-state index contributed by atoms with van der Waals surface area (Å²) < 4.78 is 1.28. The third-order valence-corrected chi connectivity index (χ3v) is 3.33. The Morgan fingerprint density at radius 1 is 1.20 bits per heavy atom. The standard InChI is InChI=1S/C13H20N4O3/c18-12(19)10-17-9-11(8-14-17)15-13(20)16-6-4-2-1-3-5-7-16/h8-9H,1-7,10H2,(H,15,20)(H,18,19). The van der Waals surface area contributed by atoms with Gasteiger partial charge in [0.1, 0.15) is 6.54 Å². The zero-order valence-electron chi connectivity index (χ0n) is 11.4. The second-order valence-corrected chi connectivity index (χ2v) is 5.01. The van der Waals surface area contributed by atoms with Crippen LogP contribution in [0.4, 0.5) is 10.5 Å². The monoisotopic (exact) mass is 280 g/mol. The maximum atomic E-state index is 12.1. The highest BCUT2D eigenvalue weighted by Crippen LogP contribution is 2.12. The third kappa shape index (κ3) is 4.25. The highest BCUT2D eigenvalue weighted by Gasteiger charge is 2.15. The van der Waals surface area contributed by atoms with Crippen molar-refractivity contribution in [2.75, 3.05) is 18.4 Å². The van der Waals surface area contributed by atoms with Gasteiger partial charge in [-0.05, 0) is 12.8 Å². The minimum absolute atomic E-state index is 0.137. The van der Waals surface area contributed by atoms with E-state index in [1.165, 1.54) is 36.3 Å². The Kier molecular flexibility index (Phi) is 4.97. The SMILES string of the molecule is O=C(O)Cn1cc(NC(=O)N2CCCCCCC2)cn1. The highest BCUT2D eigenvalue weighted by molar-refractivity contribution is 5.89. The van der Waals surface area contributed by atoms with Crippen LogP contribution in [0.5, 0.6) is 0 Å². The molecular formula is C13H20N4O3. The molecule has 0 aliphatic carbocycles. The number of likely N-dealkylation sites (tertiary alicyclic amines) is 1. The number of hydrogen-bond acceptors (Lipinski definition) is 3. The summed E-state index contributed by atoms with van der Waals surface area (Å²) in [5, 5.41) is 15.3. The zero-order chi connectivity index (χ0) is 14.4. The van der Waals surface area contributed by atoms with E-state index in [1.54, 1.807) is 0 Å². The molecule has 2 amide bonds. The Hall–Kier alpha value is -2.05. The molecule has 0 spiro atoms. The number of aliphatic carboxylic acids is 1. The molecule has 2 N–H and O–H groups in total. The van der Waals surface area contributed by atoms with Gasteiger partial charge in [-0.25, -0.2) is 4.79 Å². The van der Waals surface area contributed by atoms with Crippen LogP contribution in [0, 0.1) is 0 Å². The maximum Gasteiger partial charge on any atom is 0.325 e. The van der Waals surface area contributed by atoms with Crippen LogP contribution in [0.25, 0.3) is 0 Å². The van der Waals surface area contributed by atoms with Gasteiger partial charge in [0.05, 0.1) is 11.9 Å². The number of rotatable bonds is 3. The largest absolute Gasteiger partial charge is 0.480 e. The predicted molar refractivity (Wildman–Crippen MR) is 73.5 cm³/mol. The van der Waals surface area contributed by atoms with Crippen LogP contribution in [0.2, 0.25) is 0 Å². The molecule has 7 heteroatoms. The van der Waals surface area contributed by atoms with Gasteiger partial charge in [-0.1, -0.05) is 19.3 Å². The van der Waals surface area contributed by atoms with Crippen molar-refractivity contribution >= 4 is 17.7 Å². The fraction of sp³-hybridized carbons (Fsp3) is 0.615. The molecule has 20 heavy (non-hydrogen) atoms. The smallest absolute Gasteiger partial charge is 0.325 e. The molecule has 1 aliphatic rings. The topological polar surface area (TPSA) is 87.5 Å². The number of nitrogens with zero attached hydrogens (tertiary/aromatic N) is 3. The molecule has 1 fully saturated rings. The molecule has 2 rings (SSSR count). The normalized spacial score (nSPS) is 16.3. The van der Waals surface area contributed by atoms with E-state index < -0.39 is 5.97 Å². The lowest BCUT2D eigenvalue weighted by Gasteiger charge is -2.24. The average molecular weight is 280 g/mol. The minimum Gasteiger partial charge on any atom is -0.480 e. The number of carboxylic acids is 1. The second-order valence-electron chi connectivity index (χ2n) is 5.01. The fourth-order valence-corrected chi connectivity index (χ4v) is 2.31. The van der Waals surface area contributed by atoms with E-state index in [1.807, 2.05) is 4.90 Å². The lowest BCUT2D eigenvalue weighted by Crippen LogP contribution is -2.37.